The van der Waals surface area contributed by atoms with Gasteiger partial charge in [-0.2, -0.15) is 13.2 Å². The van der Waals surface area contributed by atoms with Crippen LogP contribution in [0.5, 0.6) is 0 Å². The van der Waals surface area contributed by atoms with Crippen LogP contribution in [0, 0.1) is 0 Å². The molecule has 2 aromatic rings. The van der Waals surface area contributed by atoms with Crippen molar-refractivity contribution in [2.45, 2.75) is 6.30 Å². The molecule has 0 spiro atoms. The van der Waals surface area contributed by atoms with Crippen LogP contribution in [0.3, 0.4) is 0 Å². The molecule has 0 fully saturated rings. The predicted molar refractivity (Wildman–Crippen MR) is 62.1 cm³/mol. The van der Waals surface area contributed by atoms with Gasteiger partial charge in [0.05, 0.1) is 0 Å². The summed E-state index contributed by atoms with van der Waals surface area (Å²) in [6.07, 6.45) is -4.50. The first-order valence-electron chi connectivity index (χ1n) is 4.93. The lowest BCUT2D eigenvalue weighted by molar-refractivity contribution is -0.122. The molecule has 0 unspecified atom stereocenters. The van der Waals surface area contributed by atoms with Crippen molar-refractivity contribution in [3.05, 3.63) is 60.7 Å². The molecule has 0 atom stereocenters. The SMILES string of the molecule is NC(F)(F)F.c1ccc(-c2ccccc2)cc1. The van der Waals surface area contributed by atoms with Crippen molar-refractivity contribution in [2.75, 3.05) is 0 Å². The van der Waals surface area contributed by atoms with Crippen LogP contribution in [0.4, 0.5) is 13.2 Å². The molecule has 0 heterocycles. The molecule has 0 bridgehead atoms. The van der Waals surface area contributed by atoms with Gasteiger partial charge in [-0.1, -0.05) is 60.7 Å². The molecule has 2 rings (SSSR count). The highest BCUT2D eigenvalue weighted by molar-refractivity contribution is 5.62. The van der Waals surface area contributed by atoms with E-state index >= 15 is 0 Å². The third kappa shape index (κ3) is 6.37. The van der Waals surface area contributed by atoms with Gasteiger partial charge in [0, 0.05) is 0 Å². The number of alkyl halides is 3. The number of benzene rings is 2. The van der Waals surface area contributed by atoms with Gasteiger partial charge >= 0.3 is 6.30 Å². The van der Waals surface area contributed by atoms with Gasteiger partial charge < -0.3 is 0 Å². The van der Waals surface area contributed by atoms with Crippen molar-refractivity contribution in [3.8, 4) is 11.1 Å². The monoisotopic (exact) mass is 239 g/mol. The largest absolute Gasteiger partial charge is 0.454 e. The van der Waals surface area contributed by atoms with Crippen LogP contribution in [0.2, 0.25) is 0 Å². The summed E-state index contributed by atoms with van der Waals surface area (Å²) in [4.78, 5) is 0. The summed E-state index contributed by atoms with van der Waals surface area (Å²) < 4.78 is 30.4. The molecular weight excluding hydrogens is 227 g/mol. The predicted octanol–water partition coefficient (Wildman–Crippen LogP) is 3.82. The summed E-state index contributed by atoms with van der Waals surface area (Å²) in [5, 5.41) is 0. The summed E-state index contributed by atoms with van der Waals surface area (Å²) in [6, 6.07) is 20.8. The Morgan fingerprint density at radius 1 is 0.647 bits per heavy atom. The van der Waals surface area contributed by atoms with Crippen molar-refractivity contribution < 1.29 is 13.2 Å². The average molecular weight is 239 g/mol. The summed E-state index contributed by atoms with van der Waals surface area (Å²) in [6.45, 7) is 0. The lowest BCUT2D eigenvalue weighted by Gasteiger charge is -1.98. The third-order valence-corrected chi connectivity index (χ3v) is 1.88. The molecule has 90 valence electrons. The van der Waals surface area contributed by atoms with E-state index in [1.54, 1.807) is 0 Å². The first-order valence-corrected chi connectivity index (χ1v) is 4.93. The van der Waals surface area contributed by atoms with Crippen molar-refractivity contribution >= 4 is 0 Å². The highest BCUT2D eigenvalue weighted by atomic mass is 19.4. The van der Waals surface area contributed by atoms with Gasteiger partial charge in [-0.3, -0.25) is 0 Å². The molecule has 0 aliphatic carbocycles. The molecule has 1 nitrogen and oxygen atoms in total. The quantitative estimate of drug-likeness (QED) is 0.752. The Morgan fingerprint density at radius 3 is 1.12 bits per heavy atom. The van der Waals surface area contributed by atoms with Crippen LogP contribution >= 0.6 is 0 Å². The van der Waals surface area contributed by atoms with Crippen molar-refractivity contribution in [3.63, 3.8) is 0 Å². The van der Waals surface area contributed by atoms with E-state index < -0.39 is 6.30 Å². The number of hydrogen-bond acceptors (Lipinski definition) is 1. The molecule has 4 heteroatoms. The van der Waals surface area contributed by atoms with Crippen LogP contribution in [-0.4, -0.2) is 6.30 Å². The van der Waals surface area contributed by atoms with E-state index in [1.807, 2.05) is 12.1 Å². The topological polar surface area (TPSA) is 26.0 Å². The molecule has 17 heavy (non-hydrogen) atoms. The normalized spacial score (nSPS) is 10.4. The fraction of sp³-hybridized carbons (Fsp3) is 0.0769. The Kier molecular flexibility index (Phi) is 4.72. The van der Waals surface area contributed by atoms with Crippen LogP contribution in [-0.2, 0) is 0 Å². The fourth-order valence-electron chi connectivity index (χ4n) is 1.26. The second-order valence-electron chi connectivity index (χ2n) is 3.27. The van der Waals surface area contributed by atoms with Gasteiger partial charge in [-0.05, 0) is 11.1 Å². The lowest BCUT2D eigenvalue weighted by atomic mass is 10.1. The van der Waals surface area contributed by atoms with E-state index in [2.05, 4.69) is 54.3 Å². The summed E-state index contributed by atoms with van der Waals surface area (Å²) in [5.74, 6) is 0. The number of rotatable bonds is 1. The molecule has 2 N–H and O–H groups in total. The Morgan fingerprint density at radius 2 is 0.882 bits per heavy atom. The zero-order valence-electron chi connectivity index (χ0n) is 8.98. The molecule has 0 aliphatic rings. The smallest absolute Gasteiger partial charge is 0.242 e. The molecule has 0 aromatic heterocycles. The van der Waals surface area contributed by atoms with Crippen LogP contribution in [0.1, 0.15) is 0 Å². The van der Waals surface area contributed by atoms with Crippen molar-refractivity contribution in [1.82, 2.24) is 0 Å². The molecule has 0 saturated heterocycles. The van der Waals surface area contributed by atoms with Gasteiger partial charge in [0.2, 0.25) is 0 Å². The maximum Gasteiger partial charge on any atom is 0.454 e. The fourth-order valence-corrected chi connectivity index (χ4v) is 1.26. The molecule has 2 aromatic carbocycles. The zero-order chi connectivity index (χ0) is 12.7. The van der Waals surface area contributed by atoms with Gasteiger partial charge in [0.25, 0.3) is 0 Å². The van der Waals surface area contributed by atoms with Gasteiger partial charge in [-0.15, -0.1) is 0 Å². The van der Waals surface area contributed by atoms with Gasteiger partial charge in [-0.25, -0.2) is 5.73 Å². The summed E-state index contributed by atoms with van der Waals surface area (Å²) in [5.41, 5.74) is 5.91. The van der Waals surface area contributed by atoms with E-state index in [9.17, 15) is 13.2 Å². The molecule has 0 saturated carbocycles. The minimum absolute atomic E-state index is 1.28. The molecule has 0 amide bonds. The van der Waals surface area contributed by atoms with E-state index in [1.165, 1.54) is 11.1 Å². The second kappa shape index (κ2) is 6.06. The van der Waals surface area contributed by atoms with Gasteiger partial charge in [0.1, 0.15) is 0 Å². The first-order chi connectivity index (χ1) is 7.97. The maximum atomic E-state index is 10.1. The molecule has 0 radical (unpaired) electrons. The van der Waals surface area contributed by atoms with Crippen LogP contribution in [0.25, 0.3) is 11.1 Å². The highest BCUT2D eigenvalue weighted by Gasteiger charge is 2.16. The van der Waals surface area contributed by atoms with E-state index in [4.69, 9.17) is 0 Å². The Balaban J connectivity index is 0.000000249. The number of halogens is 3. The standard InChI is InChI=1S/C12H10.CH2F3N/c1-3-7-11(8-4-1)12-9-5-2-6-10-12;2-1(3,4)5/h1-10H;5H2. The third-order valence-electron chi connectivity index (χ3n) is 1.88. The summed E-state index contributed by atoms with van der Waals surface area (Å²) >= 11 is 0. The van der Waals surface area contributed by atoms with Crippen molar-refractivity contribution in [1.29, 1.82) is 0 Å². The number of nitrogens with two attached hydrogens (primary N) is 1. The van der Waals surface area contributed by atoms with E-state index in [0.717, 1.165) is 0 Å². The Labute approximate surface area is 97.7 Å². The molecule has 0 aliphatic heterocycles. The summed E-state index contributed by atoms with van der Waals surface area (Å²) in [7, 11) is 0. The minimum atomic E-state index is -4.50. The second-order valence-corrected chi connectivity index (χ2v) is 3.27. The van der Waals surface area contributed by atoms with Crippen molar-refractivity contribution in [2.24, 2.45) is 5.73 Å². The zero-order valence-corrected chi connectivity index (χ0v) is 8.98. The minimum Gasteiger partial charge on any atom is -0.242 e. The Hall–Kier alpha value is -1.81. The number of hydrogen-bond donors (Lipinski definition) is 1. The van der Waals surface area contributed by atoms with Crippen LogP contribution in [0.15, 0.2) is 60.7 Å². The average Bonchev–Trinajstić information content (AvgIpc) is 2.29. The maximum absolute atomic E-state index is 10.1. The van der Waals surface area contributed by atoms with E-state index in [0.29, 0.717) is 0 Å². The van der Waals surface area contributed by atoms with Crippen LogP contribution < -0.4 is 5.73 Å². The first kappa shape index (κ1) is 13.3. The van der Waals surface area contributed by atoms with Gasteiger partial charge in [0.15, 0.2) is 0 Å². The highest BCUT2D eigenvalue weighted by Crippen LogP contribution is 2.17. The molecular formula is C13H12F3N. The Bertz CT molecular complexity index is 380. The lowest BCUT2D eigenvalue weighted by Crippen LogP contribution is -2.20. The van der Waals surface area contributed by atoms with E-state index in [-0.39, 0.29) is 0 Å².